The summed E-state index contributed by atoms with van der Waals surface area (Å²) in [5, 5.41) is 0. The lowest BCUT2D eigenvalue weighted by Crippen LogP contribution is -2.38. The molecule has 2 heteroatoms. The van der Waals surface area contributed by atoms with Crippen molar-refractivity contribution < 1.29 is 4.74 Å². The van der Waals surface area contributed by atoms with E-state index in [1.54, 1.807) is 22.3 Å². The quantitative estimate of drug-likeness (QED) is 0.837. The number of fused-ring (bicyclic) bond motifs is 1. The van der Waals surface area contributed by atoms with Gasteiger partial charge < -0.3 is 10.5 Å². The molecule has 0 bridgehead atoms. The highest BCUT2D eigenvalue weighted by Gasteiger charge is 2.46. The molecule has 3 aliphatic carbocycles. The number of allylic oxidation sites excluding steroid dienone is 2. The van der Waals surface area contributed by atoms with Crippen molar-refractivity contribution in [1.82, 2.24) is 0 Å². The summed E-state index contributed by atoms with van der Waals surface area (Å²) >= 11 is 0. The highest BCUT2D eigenvalue weighted by molar-refractivity contribution is 5.55. The van der Waals surface area contributed by atoms with Gasteiger partial charge in [-0.2, -0.15) is 0 Å². The molecule has 0 saturated heterocycles. The van der Waals surface area contributed by atoms with Crippen LogP contribution in [0, 0.1) is 5.41 Å². The van der Waals surface area contributed by atoms with Crippen molar-refractivity contribution in [2.45, 2.75) is 58.3 Å². The summed E-state index contributed by atoms with van der Waals surface area (Å²) in [6.45, 7) is 4.45. The van der Waals surface area contributed by atoms with Crippen LogP contribution in [0.4, 0.5) is 0 Å². The molecule has 0 aromatic heterocycles. The molecular formula is C17H27NO. The van der Waals surface area contributed by atoms with Crippen molar-refractivity contribution in [3.05, 3.63) is 22.3 Å². The van der Waals surface area contributed by atoms with Crippen LogP contribution in [0.3, 0.4) is 0 Å². The van der Waals surface area contributed by atoms with Crippen LogP contribution in [0.25, 0.3) is 0 Å². The summed E-state index contributed by atoms with van der Waals surface area (Å²) in [6, 6.07) is 0. The lowest BCUT2D eigenvalue weighted by molar-refractivity contribution is 0.0882. The molecule has 3 rings (SSSR count). The Morgan fingerprint density at radius 3 is 1.95 bits per heavy atom. The van der Waals surface area contributed by atoms with Gasteiger partial charge in [-0.1, -0.05) is 11.1 Å². The van der Waals surface area contributed by atoms with E-state index >= 15 is 0 Å². The fourth-order valence-corrected chi connectivity index (χ4v) is 4.47. The van der Waals surface area contributed by atoms with Gasteiger partial charge in [-0.25, -0.2) is 0 Å². The maximum atomic E-state index is 6.28. The minimum atomic E-state index is 0.0848. The fourth-order valence-electron chi connectivity index (χ4n) is 4.47. The standard InChI is InChI=1S/C17H27NO/c1-2-19-12-17(11-18)15-9-5-3-7-13(15)14-8-4-6-10-16(14)17/h2-12,18H2,1H3. The molecule has 2 N–H and O–H groups in total. The number of hydrogen-bond acceptors (Lipinski definition) is 2. The Kier molecular flexibility index (Phi) is 3.81. The van der Waals surface area contributed by atoms with E-state index in [1.165, 1.54) is 51.4 Å². The van der Waals surface area contributed by atoms with E-state index in [4.69, 9.17) is 10.5 Å². The molecule has 0 spiro atoms. The Hall–Kier alpha value is -0.600. The molecule has 0 saturated carbocycles. The number of ether oxygens (including phenoxy) is 1. The molecule has 106 valence electrons. The summed E-state index contributed by atoms with van der Waals surface area (Å²) in [5.74, 6) is 0. The third kappa shape index (κ3) is 2.00. The van der Waals surface area contributed by atoms with E-state index in [-0.39, 0.29) is 5.41 Å². The third-order valence-electron chi connectivity index (χ3n) is 5.36. The van der Waals surface area contributed by atoms with Crippen molar-refractivity contribution in [3.8, 4) is 0 Å². The molecular weight excluding hydrogens is 234 g/mol. The van der Waals surface area contributed by atoms with Crippen LogP contribution in [-0.2, 0) is 4.74 Å². The second-order valence-electron chi connectivity index (χ2n) is 6.25. The number of nitrogens with two attached hydrogens (primary N) is 1. The lowest BCUT2D eigenvalue weighted by Gasteiger charge is -2.36. The molecule has 0 unspecified atom stereocenters. The largest absolute Gasteiger partial charge is 0.380 e. The van der Waals surface area contributed by atoms with E-state index in [9.17, 15) is 0 Å². The Balaban J connectivity index is 2.03. The predicted molar refractivity (Wildman–Crippen MR) is 79.0 cm³/mol. The van der Waals surface area contributed by atoms with Gasteiger partial charge in [0.15, 0.2) is 0 Å². The van der Waals surface area contributed by atoms with Crippen LogP contribution in [0.2, 0.25) is 0 Å². The minimum Gasteiger partial charge on any atom is -0.380 e. The Morgan fingerprint density at radius 1 is 0.947 bits per heavy atom. The fraction of sp³-hybridized carbons (Fsp3) is 0.765. The van der Waals surface area contributed by atoms with Gasteiger partial charge in [-0.15, -0.1) is 0 Å². The van der Waals surface area contributed by atoms with Crippen LogP contribution in [-0.4, -0.2) is 19.8 Å². The molecule has 0 amide bonds. The van der Waals surface area contributed by atoms with Gasteiger partial charge in [-0.05, 0) is 69.4 Å². The maximum Gasteiger partial charge on any atom is 0.0609 e. The van der Waals surface area contributed by atoms with Gasteiger partial charge in [0.2, 0.25) is 0 Å². The van der Waals surface area contributed by atoms with Gasteiger partial charge in [0, 0.05) is 18.6 Å². The molecule has 3 aliphatic rings. The van der Waals surface area contributed by atoms with Crippen LogP contribution < -0.4 is 5.73 Å². The summed E-state index contributed by atoms with van der Waals surface area (Å²) < 4.78 is 5.86. The van der Waals surface area contributed by atoms with Crippen molar-refractivity contribution in [2.75, 3.05) is 19.8 Å². The first-order chi connectivity index (χ1) is 9.33. The third-order valence-corrected chi connectivity index (χ3v) is 5.36. The van der Waals surface area contributed by atoms with Crippen LogP contribution in [0.5, 0.6) is 0 Å². The zero-order valence-electron chi connectivity index (χ0n) is 12.3. The molecule has 0 aromatic carbocycles. The highest BCUT2D eigenvalue weighted by Crippen LogP contribution is 2.56. The van der Waals surface area contributed by atoms with Gasteiger partial charge in [0.25, 0.3) is 0 Å². The predicted octanol–water partition coefficient (Wildman–Crippen LogP) is 3.72. The molecule has 19 heavy (non-hydrogen) atoms. The summed E-state index contributed by atoms with van der Waals surface area (Å²) in [6.07, 6.45) is 10.5. The minimum absolute atomic E-state index is 0.0848. The van der Waals surface area contributed by atoms with Crippen LogP contribution in [0.1, 0.15) is 58.3 Å². The Bertz CT molecular complexity index is 387. The first kappa shape index (κ1) is 13.4. The average molecular weight is 261 g/mol. The Morgan fingerprint density at radius 2 is 1.47 bits per heavy atom. The van der Waals surface area contributed by atoms with Gasteiger partial charge >= 0.3 is 0 Å². The van der Waals surface area contributed by atoms with Crippen molar-refractivity contribution >= 4 is 0 Å². The van der Waals surface area contributed by atoms with Gasteiger partial charge in [-0.3, -0.25) is 0 Å². The lowest BCUT2D eigenvalue weighted by atomic mass is 9.72. The van der Waals surface area contributed by atoms with E-state index in [0.717, 1.165) is 19.8 Å². The SMILES string of the molecule is CCOCC1(CN)C2=C(CCCC2)C2=C1CCCC2. The smallest absolute Gasteiger partial charge is 0.0609 e. The van der Waals surface area contributed by atoms with E-state index in [0.29, 0.717) is 0 Å². The maximum absolute atomic E-state index is 6.28. The topological polar surface area (TPSA) is 35.2 Å². The average Bonchev–Trinajstić information content (AvgIpc) is 2.77. The second kappa shape index (κ2) is 5.41. The summed E-state index contributed by atoms with van der Waals surface area (Å²) in [7, 11) is 0. The Labute approximate surface area is 117 Å². The number of hydrogen-bond donors (Lipinski definition) is 1. The molecule has 0 aromatic rings. The first-order valence-corrected chi connectivity index (χ1v) is 8.06. The van der Waals surface area contributed by atoms with E-state index < -0.39 is 0 Å². The van der Waals surface area contributed by atoms with E-state index in [1.807, 2.05) is 0 Å². The van der Waals surface area contributed by atoms with E-state index in [2.05, 4.69) is 6.92 Å². The van der Waals surface area contributed by atoms with Crippen molar-refractivity contribution in [2.24, 2.45) is 11.1 Å². The van der Waals surface area contributed by atoms with Gasteiger partial charge in [0.05, 0.1) is 6.61 Å². The molecule has 2 nitrogen and oxygen atoms in total. The summed E-state index contributed by atoms with van der Waals surface area (Å²) in [5.41, 5.74) is 13.1. The highest BCUT2D eigenvalue weighted by atomic mass is 16.5. The van der Waals surface area contributed by atoms with Gasteiger partial charge in [0.1, 0.15) is 0 Å². The molecule has 0 heterocycles. The molecule has 0 aliphatic heterocycles. The molecule has 0 atom stereocenters. The zero-order chi connectivity index (χ0) is 13.3. The first-order valence-electron chi connectivity index (χ1n) is 8.06. The molecule has 0 fully saturated rings. The monoisotopic (exact) mass is 261 g/mol. The number of rotatable bonds is 4. The molecule has 0 radical (unpaired) electrons. The zero-order valence-corrected chi connectivity index (χ0v) is 12.3. The summed E-state index contributed by atoms with van der Waals surface area (Å²) in [4.78, 5) is 0. The normalized spacial score (nSPS) is 25.6. The van der Waals surface area contributed by atoms with Crippen molar-refractivity contribution in [1.29, 1.82) is 0 Å². The van der Waals surface area contributed by atoms with Crippen molar-refractivity contribution in [3.63, 3.8) is 0 Å². The van der Waals surface area contributed by atoms with Crippen LogP contribution in [0.15, 0.2) is 22.3 Å². The van der Waals surface area contributed by atoms with Crippen LogP contribution >= 0.6 is 0 Å². The second-order valence-corrected chi connectivity index (χ2v) is 6.25.